The molecule has 1 rings (SSSR count). The van der Waals surface area contributed by atoms with Crippen molar-refractivity contribution < 1.29 is 9.59 Å². The molecule has 0 aliphatic heterocycles. The van der Waals surface area contributed by atoms with E-state index < -0.39 is 0 Å². The van der Waals surface area contributed by atoms with Gasteiger partial charge in [-0.25, -0.2) is 9.97 Å². The molecule has 0 aliphatic carbocycles. The summed E-state index contributed by atoms with van der Waals surface area (Å²) in [5.74, 6) is -0.238. The lowest BCUT2D eigenvalue weighted by Crippen LogP contribution is -2.05. The molecule has 0 radical (unpaired) electrons. The smallest absolute Gasteiger partial charge is 0.181 e. The first-order valence-electron chi connectivity index (χ1n) is 4.01. The first-order chi connectivity index (χ1) is 6.15. The van der Waals surface area contributed by atoms with E-state index in [4.69, 9.17) is 0 Å². The Balaban J connectivity index is 3.05. The molecule has 4 heteroatoms. The molecule has 0 fully saturated rings. The molecule has 0 atom stereocenters. The molecule has 4 nitrogen and oxygen atoms in total. The standard InChI is InChI=1S/C9H10N2O2/c1-3-9(13)8-4-7(6(2)12)10-5-11-8/h4-5H,3H2,1-2H3. The quantitative estimate of drug-likeness (QED) is 0.654. The summed E-state index contributed by atoms with van der Waals surface area (Å²) in [5.41, 5.74) is 0.592. The fourth-order valence-corrected chi connectivity index (χ4v) is 0.883. The van der Waals surface area contributed by atoms with Crippen molar-refractivity contribution in [3.63, 3.8) is 0 Å². The molecule has 1 aromatic heterocycles. The van der Waals surface area contributed by atoms with Crippen LogP contribution in [0.4, 0.5) is 0 Å². The number of carbonyl (C=O) groups excluding carboxylic acids is 2. The SMILES string of the molecule is CCC(=O)c1cc(C(C)=O)ncn1. The topological polar surface area (TPSA) is 59.9 Å². The highest BCUT2D eigenvalue weighted by molar-refractivity contribution is 5.97. The first kappa shape index (κ1) is 9.51. The molecule has 0 amide bonds. The molecule has 0 aromatic carbocycles. The molecule has 0 saturated carbocycles. The first-order valence-corrected chi connectivity index (χ1v) is 4.01. The van der Waals surface area contributed by atoms with Crippen molar-refractivity contribution in [2.75, 3.05) is 0 Å². The van der Waals surface area contributed by atoms with Crippen LogP contribution in [0.25, 0.3) is 0 Å². The van der Waals surface area contributed by atoms with E-state index in [0.29, 0.717) is 12.1 Å². The van der Waals surface area contributed by atoms with Crippen LogP contribution in [0.15, 0.2) is 12.4 Å². The third-order valence-corrected chi connectivity index (χ3v) is 1.63. The van der Waals surface area contributed by atoms with Crippen LogP contribution in [0.1, 0.15) is 41.2 Å². The number of aromatic nitrogens is 2. The van der Waals surface area contributed by atoms with Gasteiger partial charge in [0, 0.05) is 13.3 Å². The van der Waals surface area contributed by atoms with E-state index in [9.17, 15) is 9.59 Å². The normalized spacial score (nSPS) is 9.69. The van der Waals surface area contributed by atoms with E-state index in [2.05, 4.69) is 9.97 Å². The van der Waals surface area contributed by atoms with Crippen LogP contribution >= 0.6 is 0 Å². The largest absolute Gasteiger partial charge is 0.293 e. The van der Waals surface area contributed by atoms with Crippen molar-refractivity contribution in [2.24, 2.45) is 0 Å². The van der Waals surface area contributed by atoms with Gasteiger partial charge in [-0.15, -0.1) is 0 Å². The molecule has 0 aliphatic rings. The summed E-state index contributed by atoms with van der Waals surface area (Å²) in [7, 11) is 0. The zero-order valence-electron chi connectivity index (χ0n) is 7.57. The van der Waals surface area contributed by atoms with Gasteiger partial charge in [0.2, 0.25) is 0 Å². The van der Waals surface area contributed by atoms with Crippen LogP contribution in [-0.2, 0) is 0 Å². The van der Waals surface area contributed by atoms with Crippen LogP contribution in [0.3, 0.4) is 0 Å². The highest BCUT2D eigenvalue weighted by Crippen LogP contribution is 2.01. The van der Waals surface area contributed by atoms with Crippen LogP contribution < -0.4 is 0 Å². The molecule has 0 unspecified atom stereocenters. The number of rotatable bonds is 3. The van der Waals surface area contributed by atoms with Gasteiger partial charge in [-0.05, 0) is 6.07 Å². The summed E-state index contributed by atoms with van der Waals surface area (Å²) in [5, 5.41) is 0. The van der Waals surface area contributed by atoms with Crippen LogP contribution in [0.5, 0.6) is 0 Å². The van der Waals surface area contributed by atoms with Gasteiger partial charge in [0.15, 0.2) is 11.6 Å². The van der Waals surface area contributed by atoms with Crippen LogP contribution in [0, 0.1) is 0 Å². The van der Waals surface area contributed by atoms with Crippen LogP contribution in [0.2, 0.25) is 0 Å². The second-order valence-corrected chi connectivity index (χ2v) is 2.62. The summed E-state index contributed by atoms with van der Waals surface area (Å²) in [6.07, 6.45) is 1.62. The minimum absolute atomic E-state index is 0.0788. The van der Waals surface area contributed by atoms with Crippen molar-refractivity contribution in [3.8, 4) is 0 Å². The molecular weight excluding hydrogens is 168 g/mol. The Kier molecular flexibility index (Phi) is 2.84. The minimum Gasteiger partial charge on any atom is -0.293 e. The van der Waals surface area contributed by atoms with E-state index >= 15 is 0 Å². The van der Waals surface area contributed by atoms with Gasteiger partial charge in [-0.2, -0.15) is 0 Å². The fraction of sp³-hybridized carbons (Fsp3) is 0.333. The van der Waals surface area contributed by atoms with Crippen molar-refractivity contribution in [2.45, 2.75) is 20.3 Å². The number of hydrogen-bond donors (Lipinski definition) is 0. The summed E-state index contributed by atoms with van der Waals surface area (Å²) in [6.45, 7) is 3.15. The average Bonchev–Trinajstić information content (AvgIpc) is 2.17. The highest BCUT2D eigenvalue weighted by atomic mass is 16.1. The third-order valence-electron chi connectivity index (χ3n) is 1.63. The molecule has 0 N–H and O–H groups in total. The van der Waals surface area contributed by atoms with E-state index in [0.717, 1.165) is 0 Å². The Morgan fingerprint density at radius 1 is 1.31 bits per heavy atom. The van der Waals surface area contributed by atoms with E-state index in [1.54, 1.807) is 6.92 Å². The van der Waals surface area contributed by atoms with E-state index in [1.807, 2.05) is 0 Å². The second-order valence-electron chi connectivity index (χ2n) is 2.62. The van der Waals surface area contributed by atoms with Crippen LogP contribution in [-0.4, -0.2) is 21.5 Å². The lowest BCUT2D eigenvalue weighted by molar-refractivity contribution is 0.0983. The number of nitrogens with zero attached hydrogens (tertiary/aromatic N) is 2. The molecule has 1 aromatic rings. The van der Waals surface area contributed by atoms with Gasteiger partial charge in [-0.3, -0.25) is 9.59 Å². The van der Waals surface area contributed by atoms with Gasteiger partial charge in [0.05, 0.1) is 0 Å². The maximum atomic E-state index is 11.2. The zero-order chi connectivity index (χ0) is 9.84. The van der Waals surface area contributed by atoms with Crippen molar-refractivity contribution in [1.29, 1.82) is 0 Å². The summed E-state index contributed by atoms with van der Waals surface area (Å²) in [4.78, 5) is 29.6. The Hall–Kier alpha value is -1.58. The maximum absolute atomic E-state index is 11.2. The summed E-state index contributed by atoms with van der Waals surface area (Å²) >= 11 is 0. The predicted octanol–water partition coefficient (Wildman–Crippen LogP) is 1.27. The maximum Gasteiger partial charge on any atom is 0.181 e. The Labute approximate surface area is 76.0 Å². The van der Waals surface area contributed by atoms with E-state index in [-0.39, 0.29) is 17.3 Å². The van der Waals surface area contributed by atoms with Crippen molar-refractivity contribution in [3.05, 3.63) is 23.8 Å². The number of Topliss-reactive ketones (excluding diaryl/α,β-unsaturated/α-hetero) is 2. The third kappa shape index (κ3) is 2.18. The van der Waals surface area contributed by atoms with E-state index in [1.165, 1.54) is 19.3 Å². The van der Waals surface area contributed by atoms with Gasteiger partial charge >= 0.3 is 0 Å². The molecule has 0 saturated heterocycles. The molecule has 1 heterocycles. The van der Waals surface area contributed by atoms with Crippen molar-refractivity contribution >= 4 is 11.6 Å². The van der Waals surface area contributed by atoms with Gasteiger partial charge in [0.25, 0.3) is 0 Å². The van der Waals surface area contributed by atoms with Gasteiger partial charge < -0.3 is 0 Å². The minimum atomic E-state index is -0.160. The fourth-order valence-electron chi connectivity index (χ4n) is 0.883. The highest BCUT2D eigenvalue weighted by Gasteiger charge is 2.08. The molecule has 0 spiro atoms. The summed E-state index contributed by atoms with van der Waals surface area (Å²) < 4.78 is 0. The lowest BCUT2D eigenvalue weighted by Gasteiger charge is -1.97. The number of hydrogen-bond acceptors (Lipinski definition) is 4. The lowest BCUT2D eigenvalue weighted by atomic mass is 10.2. The Morgan fingerprint density at radius 3 is 2.46 bits per heavy atom. The predicted molar refractivity (Wildman–Crippen MR) is 46.7 cm³/mol. The average molecular weight is 178 g/mol. The zero-order valence-corrected chi connectivity index (χ0v) is 7.57. The molecule has 0 bridgehead atoms. The van der Waals surface area contributed by atoms with Crippen molar-refractivity contribution in [1.82, 2.24) is 9.97 Å². The Morgan fingerprint density at radius 2 is 1.92 bits per heavy atom. The number of carbonyl (C=O) groups is 2. The Bertz CT molecular complexity index is 347. The molecule has 13 heavy (non-hydrogen) atoms. The number of ketones is 2. The van der Waals surface area contributed by atoms with Gasteiger partial charge in [-0.1, -0.05) is 6.92 Å². The monoisotopic (exact) mass is 178 g/mol. The van der Waals surface area contributed by atoms with Gasteiger partial charge in [0.1, 0.15) is 17.7 Å². The second kappa shape index (κ2) is 3.89. The summed E-state index contributed by atoms with van der Waals surface area (Å²) in [6, 6.07) is 1.42. The molecule has 68 valence electrons. The molecular formula is C9H10N2O2.